The van der Waals surface area contributed by atoms with E-state index in [1.807, 2.05) is 49.4 Å². The molecule has 3 nitrogen and oxygen atoms in total. The molecule has 0 aliphatic carbocycles. The summed E-state index contributed by atoms with van der Waals surface area (Å²) in [5.41, 5.74) is 3.09. The molecule has 0 saturated heterocycles. The van der Waals surface area contributed by atoms with Gasteiger partial charge in [-0.2, -0.15) is 0 Å². The highest BCUT2D eigenvalue weighted by Gasteiger charge is 2.13. The summed E-state index contributed by atoms with van der Waals surface area (Å²) in [5.74, 6) is -0.170. The minimum absolute atomic E-state index is 0.170. The van der Waals surface area contributed by atoms with Crippen LogP contribution in [0.4, 0.5) is 5.69 Å². The number of para-hydroxylation sites is 1. The Hall–Kier alpha value is -2.07. The van der Waals surface area contributed by atoms with Crippen molar-refractivity contribution in [2.75, 3.05) is 5.32 Å². The minimum Gasteiger partial charge on any atom is -0.463 e. The summed E-state index contributed by atoms with van der Waals surface area (Å²) in [6, 6.07) is 13.2. The molecule has 0 aliphatic rings. The van der Waals surface area contributed by atoms with Gasteiger partial charge in [0.15, 0.2) is 0 Å². The van der Waals surface area contributed by atoms with Crippen molar-refractivity contribution in [3.63, 3.8) is 0 Å². The summed E-state index contributed by atoms with van der Waals surface area (Å²) in [5, 5.41) is 3.70. The van der Waals surface area contributed by atoms with Gasteiger partial charge >= 0.3 is 0 Å². The van der Waals surface area contributed by atoms with Gasteiger partial charge < -0.3 is 9.73 Å². The lowest BCUT2D eigenvalue weighted by molar-refractivity contribution is 0.102. The molecule has 3 rings (SSSR count). The molecule has 4 heteroatoms. The lowest BCUT2D eigenvalue weighted by Crippen LogP contribution is -2.11. The number of amides is 1. The Morgan fingerprint density at radius 2 is 2.00 bits per heavy atom. The van der Waals surface area contributed by atoms with E-state index in [0.29, 0.717) is 11.1 Å². The van der Waals surface area contributed by atoms with E-state index in [1.54, 1.807) is 0 Å². The first-order valence-electron chi connectivity index (χ1n) is 6.19. The maximum absolute atomic E-state index is 12.3. The van der Waals surface area contributed by atoms with Crippen LogP contribution in [0.1, 0.15) is 15.9 Å². The van der Waals surface area contributed by atoms with Crippen LogP contribution < -0.4 is 5.32 Å². The van der Waals surface area contributed by atoms with Crippen molar-refractivity contribution in [3.8, 4) is 0 Å². The Morgan fingerprint density at radius 3 is 2.80 bits per heavy atom. The number of halogens is 1. The van der Waals surface area contributed by atoms with Gasteiger partial charge in [0.05, 0.1) is 5.56 Å². The molecule has 0 radical (unpaired) electrons. The standard InChI is InChI=1S/C16H12BrNO2/c1-10-8-11(6-7-14(10)17)18-16(19)13-9-20-15-5-3-2-4-12(13)15/h2-9H,1H3,(H,18,19). The normalized spacial score (nSPS) is 10.7. The van der Waals surface area contributed by atoms with Crippen LogP contribution in [0, 0.1) is 6.92 Å². The molecule has 3 aromatic rings. The fourth-order valence-electron chi connectivity index (χ4n) is 2.07. The lowest BCUT2D eigenvalue weighted by atomic mass is 10.1. The smallest absolute Gasteiger partial charge is 0.259 e. The van der Waals surface area contributed by atoms with Crippen LogP contribution in [0.15, 0.2) is 57.6 Å². The Labute approximate surface area is 124 Å². The molecule has 1 heterocycles. The number of rotatable bonds is 2. The van der Waals surface area contributed by atoms with Gasteiger partial charge in [0.25, 0.3) is 5.91 Å². The van der Waals surface area contributed by atoms with Crippen LogP contribution in [0.2, 0.25) is 0 Å². The number of hydrogen-bond acceptors (Lipinski definition) is 2. The fourth-order valence-corrected chi connectivity index (χ4v) is 2.32. The van der Waals surface area contributed by atoms with Gasteiger partial charge in [-0.1, -0.05) is 34.1 Å². The van der Waals surface area contributed by atoms with Crippen LogP contribution in [0.3, 0.4) is 0 Å². The van der Waals surface area contributed by atoms with Gasteiger partial charge in [0.2, 0.25) is 0 Å². The number of furan rings is 1. The third kappa shape index (κ3) is 2.34. The van der Waals surface area contributed by atoms with Crippen molar-refractivity contribution in [1.82, 2.24) is 0 Å². The van der Waals surface area contributed by atoms with E-state index in [-0.39, 0.29) is 5.91 Å². The second kappa shape index (κ2) is 5.13. The van der Waals surface area contributed by atoms with Crippen molar-refractivity contribution < 1.29 is 9.21 Å². The first kappa shape index (κ1) is 12.9. The lowest BCUT2D eigenvalue weighted by Gasteiger charge is -2.06. The number of aryl methyl sites for hydroxylation is 1. The number of benzene rings is 2. The molecular formula is C16H12BrNO2. The Bertz CT molecular complexity index is 792. The van der Waals surface area contributed by atoms with Gasteiger partial charge in [-0.3, -0.25) is 4.79 Å². The molecule has 0 saturated carbocycles. The second-order valence-corrected chi connectivity index (χ2v) is 5.42. The van der Waals surface area contributed by atoms with Crippen LogP contribution >= 0.6 is 15.9 Å². The predicted molar refractivity (Wildman–Crippen MR) is 83.0 cm³/mol. The SMILES string of the molecule is Cc1cc(NC(=O)c2coc3ccccc23)ccc1Br. The summed E-state index contributed by atoms with van der Waals surface area (Å²) < 4.78 is 6.40. The molecule has 1 amide bonds. The van der Waals surface area contributed by atoms with E-state index in [0.717, 1.165) is 21.1 Å². The molecule has 1 aromatic heterocycles. The third-order valence-electron chi connectivity index (χ3n) is 3.14. The van der Waals surface area contributed by atoms with Crippen LogP contribution in [0.5, 0.6) is 0 Å². The first-order valence-corrected chi connectivity index (χ1v) is 6.98. The quantitative estimate of drug-likeness (QED) is 0.736. The maximum Gasteiger partial charge on any atom is 0.259 e. The molecule has 0 aliphatic heterocycles. The van der Waals surface area contributed by atoms with Crippen LogP contribution in [-0.4, -0.2) is 5.91 Å². The van der Waals surface area contributed by atoms with E-state index in [2.05, 4.69) is 21.2 Å². The number of nitrogens with one attached hydrogen (secondary N) is 1. The van der Waals surface area contributed by atoms with Crippen molar-refractivity contribution >= 4 is 38.5 Å². The van der Waals surface area contributed by atoms with Gasteiger partial charge in [-0.05, 0) is 36.8 Å². The number of hydrogen-bond donors (Lipinski definition) is 1. The molecule has 0 atom stereocenters. The van der Waals surface area contributed by atoms with Gasteiger partial charge in [0, 0.05) is 15.5 Å². The van der Waals surface area contributed by atoms with E-state index in [4.69, 9.17) is 4.42 Å². The Balaban J connectivity index is 1.91. The average Bonchev–Trinajstić information content (AvgIpc) is 2.87. The monoisotopic (exact) mass is 329 g/mol. The molecule has 0 unspecified atom stereocenters. The Morgan fingerprint density at radius 1 is 1.20 bits per heavy atom. The molecule has 2 aromatic carbocycles. The summed E-state index contributed by atoms with van der Waals surface area (Å²) >= 11 is 3.44. The van der Waals surface area contributed by atoms with E-state index >= 15 is 0 Å². The van der Waals surface area contributed by atoms with Gasteiger partial charge in [-0.15, -0.1) is 0 Å². The van der Waals surface area contributed by atoms with Crippen LogP contribution in [-0.2, 0) is 0 Å². The van der Waals surface area contributed by atoms with E-state index in [1.165, 1.54) is 6.26 Å². The second-order valence-electron chi connectivity index (χ2n) is 4.56. The summed E-state index contributed by atoms with van der Waals surface area (Å²) in [6.07, 6.45) is 1.49. The molecule has 0 bridgehead atoms. The molecular weight excluding hydrogens is 318 g/mol. The predicted octanol–water partition coefficient (Wildman–Crippen LogP) is 4.76. The zero-order valence-electron chi connectivity index (χ0n) is 10.8. The Kier molecular flexibility index (Phi) is 3.32. The fraction of sp³-hybridized carbons (Fsp3) is 0.0625. The van der Waals surface area contributed by atoms with E-state index < -0.39 is 0 Å². The molecule has 1 N–H and O–H groups in total. The highest BCUT2D eigenvalue weighted by atomic mass is 79.9. The van der Waals surface area contributed by atoms with Crippen molar-refractivity contribution in [2.45, 2.75) is 6.92 Å². The number of fused-ring (bicyclic) bond motifs is 1. The number of anilines is 1. The van der Waals surface area contributed by atoms with Crippen LogP contribution in [0.25, 0.3) is 11.0 Å². The highest BCUT2D eigenvalue weighted by molar-refractivity contribution is 9.10. The van der Waals surface area contributed by atoms with Gasteiger partial charge in [0.1, 0.15) is 11.8 Å². The summed E-state index contributed by atoms with van der Waals surface area (Å²) in [4.78, 5) is 12.3. The average molecular weight is 330 g/mol. The van der Waals surface area contributed by atoms with E-state index in [9.17, 15) is 4.79 Å². The highest BCUT2D eigenvalue weighted by Crippen LogP contribution is 2.23. The summed E-state index contributed by atoms with van der Waals surface area (Å²) in [7, 11) is 0. The number of carbonyl (C=O) groups excluding carboxylic acids is 1. The third-order valence-corrected chi connectivity index (χ3v) is 4.03. The van der Waals surface area contributed by atoms with Crippen molar-refractivity contribution in [1.29, 1.82) is 0 Å². The van der Waals surface area contributed by atoms with Crippen molar-refractivity contribution in [2.24, 2.45) is 0 Å². The summed E-state index contributed by atoms with van der Waals surface area (Å²) in [6.45, 7) is 1.98. The molecule has 100 valence electrons. The maximum atomic E-state index is 12.3. The molecule has 20 heavy (non-hydrogen) atoms. The van der Waals surface area contributed by atoms with Gasteiger partial charge in [-0.25, -0.2) is 0 Å². The topological polar surface area (TPSA) is 42.2 Å². The largest absolute Gasteiger partial charge is 0.463 e. The first-order chi connectivity index (χ1) is 9.65. The number of carbonyl (C=O) groups is 1. The zero-order valence-corrected chi connectivity index (χ0v) is 12.4. The minimum atomic E-state index is -0.170. The van der Waals surface area contributed by atoms with Crippen molar-refractivity contribution in [3.05, 3.63) is 64.3 Å². The molecule has 0 spiro atoms. The zero-order chi connectivity index (χ0) is 14.1. The molecule has 0 fully saturated rings.